The number of carbonyl (C=O) groups is 1. The summed E-state index contributed by atoms with van der Waals surface area (Å²) in [4.78, 5) is 12.0. The number of rotatable bonds is 6. The number of nitrogens with one attached hydrogen (secondary N) is 1. The maximum absolute atomic E-state index is 12.0. The van der Waals surface area contributed by atoms with E-state index < -0.39 is 0 Å². The summed E-state index contributed by atoms with van der Waals surface area (Å²) in [5.74, 6) is 0.779. The lowest BCUT2D eigenvalue weighted by atomic mass is 9.82. The second-order valence-corrected chi connectivity index (χ2v) is 6.28. The normalized spacial score (nSPS) is 23.5. The van der Waals surface area contributed by atoms with Gasteiger partial charge in [-0.3, -0.25) is 4.79 Å². The lowest BCUT2D eigenvalue weighted by molar-refractivity contribution is -0.122. The maximum Gasteiger partial charge on any atom is 0.221 e. The van der Waals surface area contributed by atoms with Crippen LogP contribution in [0.3, 0.4) is 0 Å². The van der Waals surface area contributed by atoms with Gasteiger partial charge >= 0.3 is 0 Å². The van der Waals surface area contributed by atoms with Crippen molar-refractivity contribution in [1.29, 1.82) is 0 Å². The van der Waals surface area contributed by atoms with E-state index in [1.54, 1.807) is 0 Å². The molecule has 1 aromatic carbocycles. The van der Waals surface area contributed by atoms with Gasteiger partial charge in [-0.2, -0.15) is 0 Å². The van der Waals surface area contributed by atoms with Crippen molar-refractivity contribution in [2.75, 3.05) is 0 Å². The van der Waals surface area contributed by atoms with Crippen molar-refractivity contribution in [1.82, 2.24) is 5.32 Å². The monoisotopic (exact) mass is 288 g/mol. The molecule has 1 aliphatic carbocycles. The van der Waals surface area contributed by atoms with Crippen LogP contribution in [0.2, 0.25) is 0 Å². The Morgan fingerprint density at radius 3 is 2.52 bits per heavy atom. The van der Waals surface area contributed by atoms with Gasteiger partial charge in [-0.1, -0.05) is 43.7 Å². The first-order valence-electron chi connectivity index (χ1n) is 8.29. The van der Waals surface area contributed by atoms with E-state index in [-0.39, 0.29) is 11.9 Å². The van der Waals surface area contributed by atoms with E-state index in [0.29, 0.717) is 18.4 Å². The number of carbonyl (C=O) groups excluding carboxylic acids is 1. The second-order valence-electron chi connectivity index (χ2n) is 6.28. The van der Waals surface area contributed by atoms with Gasteiger partial charge in [0.2, 0.25) is 5.91 Å². The molecule has 0 radical (unpaired) electrons. The van der Waals surface area contributed by atoms with Gasteiger partial charge in [-0.05, 0) is 43.6 Å². The van der Waals surface area contributed by atoms with Crippen molar-refractivity contribution < 1.29 is 4.79 Å². The molecule has 3 nitrogen and oxygen atoms in total. The van der Waals surface area contributed by atoms with Crippen molar-refractivity contribution in [3.63, 3.8) is 0 Å². The van der Waals surface area contributed by atoms with Crippen LogP contribution in [0.1, 0.15) is 63.4 Å². The predicted molar refractivity (Wildman–Crippen MR) is 87.1 cm³/mol. The van der Waals surface area contributed by atoms with Gasteiger partial charge in [0.15, 0.2) is 0 Å². The molecule has 3 N–H and O–H groups in total. The summed E-state index contributed by atoms with van der Waals surface area (Å²) in [6.45, 7) is 2.10. The van der Waals surface area contributed by atoms with Crippen LogP contribution in [0.25, 0.3) is 0 Å². The summed E-state index contributed by atoms with van der Waals surface area (Å²) in [6.07, 6.45) is 6.91. The minimum atomic E-state index is 0.00987. The van der Waals surface area contributed by atoms with E-state index in [1.165, 1.54) is 5.56 Å². The van der Waals surface area contributed by atoms with Gasteiger partial charge in [0.1, 0.15) is 0 Å². The van der Waals surface area contributed by atoms with Gasteiger partial charge in [0.25, 0.3) is 0 Å². The van der Waals surface area contributed by atoms with E-state index in [0.717, 1.165) is 38.5 Å². The standard InChI is InChI=1S/C18H28N2O/c1-2-6-16(19)13-18(21)20-17-11-9-15(10-12-17)14-7-4-3-5-8-14/h3-5,7-8,15-17H,2,6,9-13,19H2,1H3,(H,20,21). The zero-order chi connectivity index (χ0) is 15.1. The summed E-state index contributed by atoms with van der Waals surface area (Å²) < 4.78 is 0. The molecule has 0 aliphatic heterocycles. The number of nitrogens with two attached hydrogens (primary N) is 1. The fourth-order valence-corrected chi connectivity index (χ4v) is 3.29. The fourth-order valence-electron chi connectivity index (χ4n) is 3.29. The third-order valence-corrected chi connectivity index (χ3v) is 4.47. The number of hydrogen-bond acceptors (Lipinski definition) is 2. The SMILES string of the molecule is CCCC(N)CC(=O)NC1CCC(c2ccccc2)CC1. The molecule has 0 bridgehead atoms. The average molecular weight is 288 g/mol. The lowest BCUT2D eigenvalue weighted by Crippen LogP contribution is -2.40. The molecule has 0 spiro atoms. The Labute approximate surface area is 128 Å². The number of amides is 1. The molecule has 1 aliphatic rings. The molecule has 1 fully saturated rings. The number of benzene rings is 1. The van der Waals surface area contributed by atoms with E-state index >= 15 is 0 Å². The molecule has 1 atom stereocenters. The Balaban J connectivity index is 1.73. The topological polar surface area (TPSA) is 55.1 Å². The van der Waals surface area contributed by atoms with E-state index in [1.807, 2.05) is 0 Å². The van der Waals surface area contributed by atoms with Crippen LogP contribution < -0.4 is 11.1 Å². The summed E-state index contributed by atoms with van der Waals surface area (Å²) >= 11 is 0. The highest BCUT2D eigenvalue weighted by Crippen LogP contribution is 2.32. The van der Waals surface area contributed by atoms with Crippen molar-refractivity contribution in [3.05, 3.63) is 35.9 Å². The van der Waals surface area contributed by atoms with Gasteiger partial charge in [-0.25, -0.2) is 0 Å². The van der Waals surface area contributed by atoms with Crippen LogP contribution >= 0.6 is 0 Å². The fraction of sp³-hybridized carbons (Fsp3) is 0.611. The van der Waals surface area contributed by atoms with Crippen molar-refractivity contribution in [2.45, 2.75) is 69.9 Å². The minimum Gasteiger partial charge on any atom is -0.353 e. The van der Waals surface area contributed by atoms with Crippen molar-refractivity contribution in [3.8, 4) is 0 Å². The Morgan fingerprint density at radius 1 is 1.24 bits per heavy atom. The Morgan fingerprint density at radius 2 is 1.90 bits per heavy atom. The quantitative estimate of drug-likeness (QED) is 0.843. The summed E-state index contributed by atoms with van der Waals surface area (Å²) in [5.41, 5.74) is 7.36. The van der Waals surface area contributed by atoms with Crippen LogP contribution in [0.5, 0.6) is 0 Å². The molecule has 1 aromatic rings. The molecule has 1 saturated carbocycles. The van der Waals surface area contributed by atoms with Crippen LogP contribution in [0.4, 0.5) is 0 Å². The minimum absolute atomic E-state index is 0.00987. The lowest BCUT2D eigenvalue weighted by Gasteiger charge is -2.29. The Bertz CT molecular complexity index is 424. The summed E-state index contributed by atoms with van der Waals surface area (Å²) in [6, 6.07) is 11.1. The summed E-state index contributed by atoms with van der Waals surface area (Å²) in [5, 5.41) is 3.16. The molecular weight excluding hydrogens is 260 g/mol. The van der Waals surface area contributed by atoms with Crippen molar-refractivity contribution in [2.24, 2.45) is 5.73 Å². The first kappa shape index (κ1) is 16.0. The zero-order valence-corrected chi connectivity index (χ0v) is 13.1. The zero-order valence-electron chi connectivity index (χ0n) is 13.1. The second kappa shape index (κ2) is 8.18. The largest absolute Gasteiger partial charge is 0.353 e. The Hall–Kier alpha value is -1.35. The number of hydrogen-bond donors (Lipinski definition) is 2. The molecular formula is C18H28N2O. The molecule has 0 aromatic heterocycles. The van der Waals surface area contributed by atoms with Crippen LogP contribution in [-0.4, -0.2) is 18.0 Å². The highest BCUT2D eigenvalue weighted by atomic mass is 16.1. The van der Waals surface area contributed by atoms with Gasteiger partial charge in [0, 0.05) is 18.5 Å². The highest BCUT2D eigenvalue weighted by molar-refractivity contribution is 5.76. The molecule has 1 unspecified atom stereocenters. The molecule has 1 amide bonds. The first-order valence-corrected chi connectivity index (χ1v) is 8.29. The molecule has 2 rings (SSSR count). The summed E-state index contributed by atoms with van der Waals surface area (Å²) in [7, 11) is 0. The van der Waals surface area contributed by atoms with Crippen LogP contribution in [0.15, 0.2) is 30.3 Å². The molecule has 116 valence electrons. The van der Waals surface area contributed by atoms with Crippen LogP contribution in [-0.2, 0) is 4.79 Å². The van der Waals surface area contributed by atoms with Gasteiger partial charge in [0.05, 0.1) is 0 Å². The molecule has 3 heteroatoms. The maximum atomic E-state index is 12.0. The molecule has 0 heterocycles. The predicted octanol–water partition coefficient (Wildman–Crippen LogP) is 3.35. The van der Waals surface area contributed by atoms with Gasteiger partial charge in [-0.15, -0.1) is 0 Å². The van der Waals surface area contributed by atoms with E-state index in [9.17, 15) is 4.79 Å². The highest BCUT2D eigenvalue weighted by Gasteiger charge is 2.23. The van der Waals surface area contributed by atoms with Crippen LogP contribution in [0, 0.1) is 0 Å². The van der Waals surface area contributed by atoms with E-state index in [4.69, 9.17) is 5.73 Å². The first-order chi connectivity index (χ1) is 10.2. The Kier molecular flexibility index (Phi) is 6.24. The van der Waals surface area contributed by atoms with Crippen molar-refractivity contribution >= 4 is 5.91 Å². The van der Waals surface area contributed by atoms with Gasteiger partial charge < -0.3 is 11.1 Å². The van der Waals surface area contributed by atoms with E-state index in [2.05, 4.69) is 42.6 Å². The molecule has 0 saturated heterocycles. The smallest absolute Gasteiger partial charge is 0.221 e. The molecule has 21 heavy (non-hydrogen) atoms. The third kappa shape index (κ3) is 5.16. The average Bonchev–Trinajstić information content (AvgIpc) is 2.49. The third-order valence-electron chi connectivity index (χ3n) is 4.47.